The van der Waals surface area contributed by atoms with Gasteiger partial charge in [0.15, 0.2) is 0 Å². The number of carbonyl (C=O) groups is 3. The van der Waals surface area contributed by atoms with Gasteiger partial charge in [-0.05, 0) is 58.2 Å². The van der Waals surface area contributed by atoms with E-state index in [2.05, 4.69) is 10.6 Å². The first-order chi connectivity index (χ1) is 12.1. The molecule has 2 rings (SSSR count). The van der Waals surface area contributed by atoms with Crippen LogP contribution >= 0.6 is 0 Å². The maximum absolute atomic E-state index is 12.6. The number of hydrogen-bond acceptors (Lipinski definition) is 3. The Morgan fingerprint density at radius 3 is 2.35 bits per heavy atom. The molecule has 1 aliphatic heterocycles. The van der Waals surface area contributed by atoms with E-state index >= 15 is 0 Å². The number of hydrogen-bond donors (Lipinski definition) is 3. The number of nitrogens with one attached hydrogen (secondary N) is 2. The third-order valence-electron chi connectivity index (χ3n) is 4.64. The molecule has 1 atom stereocenters. The second-order valence-corrected chi connectivity index (χ2v) is 7.45. The van der Waals surface area contributed by atoms with Crippen molar-refractivity contribution in [2.45, 2.75) is 58.0 Å². The third kappa shape index (κ3) is 4.33. The van der Waals surface area contributed by atoms with Crippen LogP contribution in [-0.4, -0.2) is 46.5 Å². The van der Waals surface area contributed by atoms with Crippen molar-refractivity contribution in [3.8, 4) is 0 Å². The highest BCUT2D eigenvalue weighted by Crippen LogP contribution is 2.25. The Labute approximate surface area is 153 Å². The molecule has 7 nitrogen and oxygen atoms in total. The molecule has 1 saturated heterocycles. The number of urea groups is 1. The molecular weight excluding hydrogens is 334 g/mol. The Bertz CT molecular complexity index is 683. The summed E-state index contributed by atoms with van der Waals surface area (Å²) in [4.78, 5) is 37.7. The first-order valence-corrected chi connectivity index (χ1v) is 8.85. The van der Waals surface area contributed by atoms with Gasteiger partial charge in [0.2, 0.25) is 5.91 Å². The molecular formula is C19H27N3O4. The number of rotatable bonds is 5. The predicted molar refractivity (Wildman–Crippen MR) is 99.1 cm³/mol. The van der Waals surface area contributed by atoms with Crippen LogP contribution in [-0.2, 0) is 15.0 Å². The highest BCUT2D eigenvalue weighted by atomic mass is 16.4. The van der Waals surface area contributed by atoms with Gasteiger partial charge in [-0.25, -0.2) is 4.79 Å². The average Bonchev–Trinajstić information content (AvgIpc) is 3.04. The number of carboxylic acid groups (broad SMARTS) is 1. The zero-order valence-corrected chi connectivity index (χ0v) is 15.7. The van der Waals surface area contributed by atoms with Crippen LogP contribution in [0.2, 0.25) is 0 Å². The number of anilines is 1. The van der Waals surface area contributed by atoms with Gasteiger partial charge in [-0.2, -0.15) is 0 Å². The summed E-state index contributed by atoms with van der Waals surface area (Å²) in [5.41, 5.74) is 0.234. The summed E-state index contributed by atoms with van der Waals surface area (Å²) < 4.78 is 0. The highest BCUT2D eigenvalue weighted by molar-refractivity contribution is 5.97. The van der Waals surface area contributed by atoms with E-state index in [1.54, 1.807) is 43.0 Å². The van der Waals surface area contributed by atoms with Gasteiger partial charge < -0.3 is 20.6 Å². The van der Waals surface area contributed by atoms with Gasteiger partial charge in [0, 0.05) is 18.3 Å². The zero-order valence-electron chi connectivity index (χ0n) is 15.7. The quantitative estimate of drug-likeness (QED) is 0.750. The fraction of sp³-hybridized carbons (Fsp3) is 0.526. The Morgan fingerprint density at radius 1 is 1.19 bits per heavy atom. The van der Waals surface area contributed by atoms with Gasteiger partial charge in [-0.1, -0.05) is 12.1 Å². The molecule has 1 aromatic rings. The molecule has 0 aromatic heterocycles. The minimum Gasteiger partial charge on any atom is -0.481 e. The van der Waals surface area contributed by atoms with Gasteiger partial charge in [0.05, 0.1) is 5.41 Å². The van der Waals surface area contributed by atoms with E-state index in [0.717, 1.165) is 6.42 Å². The Morgan fingerprint density at radius 2 is 1.81 bits per heavy atom. The van der Waals surface area contributed by atoms with Gasteiger partial charge in [0.25, 0.3) is 0 Å². The normalized spacial score (nSPS) is 17.3. The van der Waals surface area contributed by atoms with Gasteiger partial charge in [-0.3, -0.25) is 9.59 Å². The molecule has 142 valence electrons. The largest absolute Gasteiger partial charge is 0.481 e. The van der Waals surface area contributed by atoms with E-state index in [1.165, 1.54) is 0 Å². The molecule has 1 heterocycles. The van der Waals surface area contributed by atoms with E-state index in [0.29, 0.717) is 24.2 Å². The van der Waals surface area contributed by atoms with Crippen LogP contribution in [0.25, 0.3) is 0 Å². The van der Waals surface area contributed by atoms with Crippen molar-refractivity contribution in [3.63, 3.8) is 0 Å². The van der Waals surface area contributed by atoms with E-state index < -0.39 is 17.4 Å². The number of carboxylic acids is 1. The van der Waals surface area contributed by atoms with Crippen molar-refractivity contribution in [1.29, 1.82) is 0 Å². The lowest BCUT2D eigenvalue weighted by Crippen LogP contribution is -2.49. The lowest BCUT2D eigenvalue weighted by molar-refractivity contribution is -0.142. The molecule has 1 aromatic carbocycles. The third-order valence-corrected chi connectivity index (χ3v) is 4.64. The van der Waals surface area contributed by atoms with Crippen molar-refractivity contribution >= 4 is 23.6 Å². The summed E-state index contributed by atoms with van der Waals surface area (Å²) in [6, 6.07) is 6.05. The van der Waals surface area contributed by atoms with E-state index in [9.17, 15) is 19.5 Å². The van der Waals surface area contributed by atoms with E-state index in [1.807, 2.05) is 13.8 Å². The topological polar surface area (TPSA) is 98.7 Å². The van der Waals surface area contributed by atoms with E-state index in [-0.39, 0.29) is 18.0 Å². The fourth-order valence-corrected chi connectivity index (χ4v) is 2.93. The lowest BCUT2D eigenvalue weighted by atomic mass is 9.85. The van der Waals surface area contributed by atoms with Crippen LogP contribution in [0, 0.1) is 0 Å². The molecule has 0 spiro atoms. The molecule has 0 saturated carbocycles. The highest BCUT2D eigenvalue weighted by Gasteiger charge is 2.34. The van der Waals surface area contributed by atoms with Crippen molar-refractivity contribution in [2.24, 2.45) is 0 Å². The summed E-state index contributed by atoms with van der Waals surface area (Å²) in [6.45, 7) is 7.58. The molecule has 3 amide bonds. The Hall–Kier alpha value is -2.57. The summed E-state index contributed by atoms with van der Waals surface area (Å²) >= 11 is 0. The number of nitrogens with zero attached hydrogens (tertiary/aromatic N) is 1. The van der Waals surface area contributed by atoms with Crippen molar-refractivity contribution in [2.75, 3.05) is 11.9 Å². The monoisotopic (exact) mass is 361 g/mol. The molecule has 0 aliphatic carbocycles. The maximum atomic E-state index is 12.6. The first-order valence-electron chi connectivity index (χ1n) is 8.85. The molecule has 0 bridgehead atoms. The standard InChI is InChI=1S/C19H27N3O4/c1-12(2)20-18(26)22-11-5-6-15(22)16(23)21-14-9-7-13(8-10-14)19(3,4)17(24)25/h7-10,12,15H,5-6,11H2,1-4H3,(H,20,26)(H,21,23)(H,24,25)/t15-/m0/s1. The number of aliphatic carboxylic acids is 1. The molecule has 0 radical (unpaired) electrons. The van der Waals surface area contributed by atoms with Crippen LogP contribution in [0.1, 0.15) is 46.1 Å². The van der Waals surface area contributed by atoms with Gasteiger partial charge in [-0.15, -0.1) is 0 Å². The fourth-order valence-electron chi connectivity index (χ4n) is 2.93. The van der Waals surface area contributed by atoms with Crippen LogP contribution in [0.3, 0.4) is 0 Å². The number of amides is 3. The maximum Gasteiger partial charge on any atom is 0.318 e. The number of likely N-dealkylation sites (tertiary alicyclic amines) is 1. The molecule has 1 aliphatic rings. The summed E-state index contributed by atoms with van der Waals surface area (Å²) in [5.74, 6) is -1.14. The minimum absolute atomic E-state index is 0.0111. The summed E-state index contributed by atoms with van der Waals surface area (Å²) in [6.07, 6.45) is 1.41. The van der Waals surface area contributed by atoms with Crippen molar-refractivity contribution in [1.82, 2.24) is 10.2 Å². The van der Waals surface area contributed by atoms with E-state index in [4.69, 9.17) is 0 Å². The average molecular weight is 361 g/mol. The lowest BCUT2D eigenvalue weighted by Gasteiger charge is -2.25. The molecule has 0 unspecified atom stereocenters. The molecule has 26 heavy (non-hydrogen) atoms. The van der Waals surface area contributed by atoms with Crippen LogP contribution < -0.4 is 10.6 Å². The molecule has 3 N–H and O–H groups in total. The van der Waals surface area contributed by atoms with Crippen LogP contribution in [0.4, 0.5) is 10.5 Å². The predicted octanol–water partition coefficient (Wildman–Crippen LogP) is 2.57. The summed E-state index contributed by atoms with van der Waals surface area (Å²) in [5, 5.41) is 14.9. The second kappa shape index (κ2) is 7.76. The number of carbonyl (C=O) groups excluding carboxylic acids is 2. The van der Waals surface area contributed by atoms with Crippen LogP contribution in [0.5, 0.6) is 0 Å². The zero-order chi connectivity index (χ0) is 19.5. The Kier molecular flexibility index (Phi) is 5.90. The SMILES string of the molecule is CC(C)NC(=O)N1CCC[C@H]1C(=O)Nc1ccc(C(C)(C)C(=O)O)cc1. The van der Waals surface area contributed by atoms with Crippen molar-refractivity contribution < 1.29 is 19.5 Å². The minimum atomic E-state index is -1.00. The molecule has 1 fully saturated rings. The molecule has 7 heteroatoms. The summed E-state index contributed by atoms with van der Waals surface area (Å²) in [7, 11) is 0. The van der Waals surface area contributed by atoms with Crippen molar-refractivity contribution in [3.05, 3.63) is 29.8 Å². The van der Waals surface area contributed by atoms with Gasteiger partial charge in [0.1, 0.15) is 6.04 Å². The smallest absolute Gasteiger partial charge is 0.318 e. The van der Waals surface area contributed by atoms with Crippen LogP contribution in [0.15, 0.2) is 24.3 Å². The Balaban J connectivity index is 2.05. The first kappa shape index (κ1) is 19.8. The van der Waals surface area contributed by atoms with Gasteiger partial charge >= 0.3 is 12.0 Å². The number of benzene rings is 1. The second-order valence-electron chi connectivity index (χ2n) is 7.45.